The summed E-state index contributed by atoms with van der Waals surface area (Å²) in [5, 5.41) is 4.18. The van der Waals surface area contributed by atoms with Gasteiger partial charge in [0.05, 0.1) is 5.48 Å². The highest BCUT2D eigenvalue weighted by atomic mass is 16.3. The summed E-state index contributed by atoms with van der Waals surface area (Å²) in [5.41, 5.74) is 9.99. The lowest BCUT2D eigenvalue weighted by molar-refractivity contribution is 0.670. The van der Waals surface area contributed by atoms with Crippen LogP contribution in [0.15, 0.2) is 217 Å². The number of anilines is 3. The molecular formula is C52H35NO. The van der Waals surface area contributed by atoms with Crippen LogP contribution in [0.1, 0.15) is 5.48 Å². The predicted octanol–water partition coefficient (Wildman–Crippen LogP) is 14.9. The molecule has 254 valence electrons. The number of nitrogens with zero attached hydrogens (tertiary/aromatic N) is 1. The van der Waals surface area contributed by atoms with Crippen molar-refractivity contribution in [2.45, 2.75) is 0 Å². The first kappa shape index (κ1) is 27.5. The number of hydrogen-bond acceptors (Lipinski definition) is 2. The highest BCUT2D eigenvalue weighted by molar-refractivity contribution is 6.09. The Bertz CT molecular complexity index is 3120. The Morgan fingerprint density at radius 3 is 1.67 bits per heavy atom. The summed E-state index contributed by atoms with van der Waals surface area (Å²) in [6, 6.07) is 62.3. The summed E-state index contributed by atoms with van der Waals surface area (Å²) in [7, 11) is 0. The highest BCUT2D eigenvalue weighted by Crippen LogP contribution is 2.40. The van der Waals surface area contributed by atoms with Crippen LogP contribution in [0.2, 0.25) is 0 Å². The molecule has 0 spiro atoms. The number of para-hydroxylation sites is 2. The Labute approximate surface area is 320 Å². The molecule has 0 unspecified atom stereocenters. The van der Waals surface area contributed by atoms with Crippen molar-refractivity contribution in [2.24, 2.45) is 0 Å². The van der Waals surface area contributed by atoms with Crippen molar-refractivity contribution in [2.75, 3.05) is 4.90 Å². The van der Waals surface area contributed by atoms with Crippen LogP contribution in [0.25, 0.3) is 77.2 Å². The molecular weight excluding hydrogens is 655 g/mol. The Hall–Kier alpha value is -7.16. The molecule has 0 radical (unpaired) electrons. The first-order chi connectivity index (χ1) is 28.4. The molecule has 9 aromatic carbocycles. The molecule has 1 heterocycles. The third kappa shape index (κ3) is 5.71. The van der Waals surface area contributed by atoms with E-state index in [9.17, 15) is 5.48 Å². The van der Waals surface area contributed by atoms with Gasteiger partial charge in [-0.1, -0.05) is 164 Å². The Balaban J connectivity index is 1.10. The van der Waals surface area contributed by atoms with Crippen molar-refractivity contribution in [3.8, 4) is 44.5 Å². The van der Waals surface area contributed by atoms with E-state index >= 15 is 0 Å². The lowest BCUT2D eigenvalue weighted by Crippen LogP contribution is -2.09. The monoisotopic (exact) mass is 693 g/mol. The Kier molecular flexibility index (Phi) is 6.84. The average molecular weight is 694 g/mol. The number of hydrogen-bond donors (Lipinski definition) is 0. The van der Waals surface area contributed by atoms with E-state index in [1.807, 2.05) is 102 Å². The second-order valence-corrected chi connectivity index (χ2v) is 13.4. The maximum Gasteiger partial charge on any atom is 0.143 e. The fraction of sp³-hybridized carbons (Fsp3) is 0. The smallest absolute Gasteiger partial charge is 0.143 e. The topological polar surface area (TPSA) is 16.4 Å². The van der Waals surface area contributed by atoms with E-state index < -0.39 is 0 Å². The second kappa shape index (κ2) is 13.4. The molecule has 0 aliphatic rings. The number of fused-ring (bicyclic) bond motifs is 4. The molecule has 0 aliphatic carbocycles. The van der Waals surface area contributed by atoms with Crippen LogP contribution in [0.3, 0.4) is 0 Å². The van der Waals surface area contributed by atoms with Gasteiger partial charge in [0, 0.05) is 33.4 Å². The molecule has 0 saturated carbocycles. The SMILES string of the molecule is [2H]c1c([2H])c(N(c2ccc(-c3ccccc3)cc2)c2ccc(-c3cccc(-c4cccc5ccccc45)c3)cc2)c([2H])c([2H])c1-c1cccc2c1oc1ccccc12. The van der Waals surface area contributed by atoms with Crippen molar-refractivity contribution in [1.82, 2.24) is 0 Å². The van der Waals surface area contributed by atoms with Gasteiger partial charge >= 0.3 is 0 Å². The van der Waals surface area contributed by atoms with E-state index in [1.165, 1.54) is 16.3 Å². The van der Waals surface area contributed by atoms with Crippen LogP contribution >= 0.6 is 0 Å². The molecule has 2 heteroatoms. The molecule has 0 aliphatic heterocycles. The zero-order valence-corrected chi connectivity index (χ0v) is 29.3. The lowest BCUT2D eigenvalue weighted by Gasteiger charge is -2.26. The second-order valence-electron chi connectivity index (χ2n) is 13.4. The highest BCUT2D eigenvalue weighted by Gasteiger charge is 2.16. The minimum atomic E-state index is -0.150. The minimum Gasteiger partial charge on any atom is -0.455 e. The molecule has 2 nitrogen and oxygen atoms in total. The van der Waals surface area contributed by atoms with Crippen LogP contribution < -0.4 is 4.90 Å². The fourth-order valence-electron chi connectivity index (χ4n) is 7.48. The van der Waals surface area contributed by atoms with E-state index in [0.717, 1.165) is 38.6 Å². The first-order valence-electron chi connectivity index (χ1n) is 20.1. The molecule has 0 saturated heterocycles. The molecule has 0 fully saturated rings. The van der Waals surface area contributed by atoms with Crippen molar-refractivity contribution in [1.29, 1.82) is 0 Å². The van der Waals surface area contributed by atoms with E-state index in [0.29, 0.717) is 28.1 Å². The Morgan fingerprint density at radius 1 is 0.352 bits per heavy atom. The molecule has 54 heavy (non-hydrogen) atoms. The van der Waals surface area contributed by atoms with Crippen molar-refractivity contribution < 1.29 is 9.90 Å². The van der Waals surface area contributed by atoms with Crippen LogP contribution in [-0.4, -0.2) is 0 Å². The summed E-state index contributed by atoms with van der Waals surface area (Å²) in [6.45, 7) is 0. The van der Waals surface area contributed by atoms with Crippen molar-refractivity contribution >= 4 is 49.8 Å². The lowest BCUT2D eigenvalue weighted by atomic mass is 9.95. The third-order valence-electron chi connectivity index (χ3n) is 10.2. The van der Waals surface area contributed by atoms with Gasteiger partial charge in [-0.15, -0.1) is 0 Å². The fourth-order valence-corrected chi connectivity index (χ4v) is 7.48. The van der Waals surface area contributed by atoms with Gasteiger partial charge in [0.1, 0.15) is 11.2 Å². The standard InChI is InChI=1S/C52H35NO/c1-2-11-36(12-3-1)37-23-29-43(30-24-37)53(45-33-27-40(28-34-45)48-20-10-21-50-49-18-6-7-22-51(49)54-52(48)50)44-31-25-38(26-32-44)41-15-8-16-42(35-41)47-19-9-14-39-13-4-5-17-46(39)47/h1-35H/i27D,28D,33D,34D. The zero-order chi connectivity index (χ0) is 39.3. The molecule has 10 aromatic rings. The van der Waals surface area contributed by atoms with Gasteiger partial charge in [-0.25, -0.2) is 0 Å². The van der Waals surface area contributed by atoms with E-state index in [2.05, 4.69) is 91.0 Å². The number of rotatable bonds is 7. The Morgan fingerprint density at radius 2 is 0.889 bits per heavy atom. The summed E-state index contributed by atoms with van der Waals surface area (Å²) < 4.78 is 44.2. The molecule has 0 N–H and O–H groups in total. The molecule has 10 rings (SSSR count). The summed E-state index contributed by atoms with van der Waals surface area (Å²) in [4.78, 5) is 1.83. The van der Waals surface area contributed by atoms with Gasteiger partial charge in [0.25, 0.3) is 0 Å². The molecule has 0 atom stereocenters. The maximum atomic E-state index is 9.52. The maximum absolute atomic E-state index is 9.52. The normalized spacial score (nSPS) is 12.4. The van der Waals surface area contributed by atoms with Crippen molar-refractivity contribution in [3.63, 3.8) is 0 Å². The molecule has 0 bridgehead atoms. The quantitative estimate of drug-likeness (QED) is 0.165. The number of furan rings is 1. The third-order valence-corrected chi connectivity index (χ3v) is 10.2. The largest absolute Gasteiger partial charge is 0.455 e. The first-order valence-corrected chi connectivity index (χ1v) is 18.1. The van der Waals surface area contributed by atoms with E-state index in [1.54, 1.807) is 0 Å². The van der Waals surface area contributed by atoms with Crippen LogP contribution in [0.4, 0.5) is 17.1 Å². The summed E-state index contributed by atoms with van der Waals surface area (Å²) in [5.74, 6) is 0. The van der Waals surface area contributed by atoms with Crippen LogP contribution in [-0.2, 0) is 0 Å². The van der Waals surface area contributed by atoms with Gasteiger partial charge in [-0.2, -0.15) is 0 Å². The van der Waals surface area contributed by atoms with Gasteiger partial charge in [0.15, 0.2) is 0 Å². The summed E-state index contributed by atoms with van der Waals surface area (Å²) in [6.07, 6.45) is 0. The summed E-state index contributed by atoms with van der Waals surface area (Å²) >= 11 is 0. The van der Waals surface area contributed by atoms with Gasteiger partial charge in [-0.05, 0) is 98.2 Å². The average Bonchev–Trinajstić information content (AvgIpc) is 3.67. The zero-order valence-electron chi connectivity index (χ0n) is 33.3. The van der Waals surface area contributed by atoms with E-state index in [4.69, 9.17) is 4.42 Å². The van der Waals surface area contributed by atoms with Crippen LogP contribution in [0, 0.1) is 0 Å². The van der Waals surface area contributed by atoms with Crippen molar-refractivity contribution in [3.05, 3.63) is 212 Å². The molecule has 0 amide bonds. The van der Waals surface area contributed by atoms with Gasteiger partial charge < -0.3 is 9.32 Å². The van der Waals surface area contributed by atoms with Gasteiger partial charge in [-0.3, -0.25) is 0 Å². The molecule has 1 aromatic heterocycles. The van der Waals surface area contributed by atoms with Crippen LogP contribution in [0.5, 0.6) is 0 Å². The van der Waals surface area contributed by atoms with E-state index in [-0.39, 0.29) is 35.4 Å². The predicted molar refractivity (Wildman–Crippen MR) is 228 cm³/mol. The van der Waals surface area contributed by atoms with Gasteiger partial charge in [0.2, 0.25) is 0 Å². The minimum absolute atomic E-state index is 0.142. The number of benzene rings is 9.